The molecule has 2 rings (SSSR count). The van der Waals surface area contributed by atoms with E-state index in [9.17, 15) is 4.79 Å². The van der Waals surface area contributed by atoms with E-state index in [0.29, 0.717) is 26.2 Å². The first kappa shape index (κ1) is 16.6. The van der Waals surface area contributed by atoms with Crippen LogP contribution in [0.2, 0.25) is 0 Å². The summed E-state index contributed by atoms with van der Waals surface area (Å²) in [5.74, 6) is 0.868. The molecule has 0 saturated carbocycles. The van der Waals surface area contributed by atoms with E-state index in [1.54, 1.807) is 7.11 Å². The molecule has 0 aromatic heterocycles. The van der Waals surface area contributed by atoms with Gasteiger partial charge in [0, 0.05) is 13.1 Å². The number of amides is 2. The normalized spacial score (nSPS) is 17.2. The minimum atomic E-state index is -0.268. The van der Waals surface area contributed by atoms with E-state index in [2.05, 4.69) is 18.3 Å². The number of hydrogen-bond acceptors (Lipinski definition) is 3. The Bertz CT molecular complexity index is 529. The van der Waals surface area contributed by atoms with Gasteiger partial charge in [-0.2, -0.15) is 0 Å². The molecule has 122 valence electrons. The molecular weight excluding hydrogens is 280 g/mol. The number of carbonyl (C=O) groups excluding carboxylic acids is 1. The lowest BCUT2D eigenvalue weighted by Crippen LogP contribution is -2.53. The second-order valence-corrected chi connectivity index (χ2v) is 6.33. The minimum Gasteiger partial charge on any atom is -0.496 e. The highest BCUT2D eigenvalue weighted by atomic mass is 16.5. The molecule has 2 amide bonds. The molecule has 1 aromatic carbocycles. The molecule has 0 unspecified atom stereocenters. The van der Waals surface area contributed by atoms with Crippen LogP contribution in [0.1, 0.15) is 25.0 Å². The fourth-order valence-corrected chi connectivity index (χ4v) is 2.71. The third kappa shape index (κ3) is 4.37. The van der Waals surface area contributed by atoms with Crippen molar-refractivity contribution in [1.29, 1.82) is 0 Å². The number of aryl methyl sites for hydroxylation is 1. The first-order valence-electron chi connectivity index (χ1n) is 7.71. The summed E-state index contributed by atoms with van der Waals surface area (Å²) in [7, 11) is 1.67. The topological polar surface area (TPSA) is 50.8 Å². The molecule has 0 spiro atoms. The lowest BCUT2D eigenvalue weighted by molar-refractivity contribution is -0.0733. The molecule has 1 heterocycles. The summed E-state index contributed by atoms with van der Waals surface area (Å²) in [6, 6.07) is 6.07. The van der Waals surface area contributed by atoms with Gasteiger partial charge in [0.1, 0.15) is 5.75 Å². The maximum absolute atomic E-state index is 12.2. The number of urea groups is 1. The van der Waals surface area contributed by atoms with Crippen molar-refractivity contribution in [2.45, 2.75) is 32.8 Å². The Morgan fingerprint density at radius 1 is 1.45 bits per heavy atom. The van der Waals surface area contributed by atoms with Gasteiger partial charge in [0.05, 0.1) is 25.9 Å². The van der Waals surface area contributed by atoms with Gasteiger partial charge in [-0.15, -0.1) is 0 Å². The third-order valence-electron chi connectivity index (χ3n) is 3.82. The molecule has 0 radical (unpaired) electrons. The van der Waals surface area contributed by atoms with E-state index in [4.69, 9.17) is 9.47 Å². The highest BCUT2D eigenvalue weighted by Gasteiger charge is 2.29. The summed E-state index contributed by atoms with van der Waals surface area (Å²) >= 11 is 0. The number of methoxy groups -OCH3 is 1. The number of benzene rings is 1. The monoisotopic (exact) mass is 306 g/mol. The van der Waals surface area contributed by atoms with Gasteiger partial charge in [0.25, 0.3) is 0 Å². The standard InChI is InChI=1S/C17H26N2O3/c1-13-5-6-15(21-4)14(11-13)7-8-18-16(20)19-9-10-22-17(2,3)12-19/h5-6,11H,7-10,12H2,1-4H3,(H,18,20). The first-order chi connectivity index (χ1) is 10.4. The van der Waals surface area contributed by atoms with E-state index >= 15 is 0 Å². The molecule has 1 aromatic rings. The smallest absolute Gasteiger partial charge is 0.317 e. The summed E-state index contributed by atoms with van der Waals surface area (Å²) in [6.07, 6.45) is 0.754. The van der Waals surface area contributed by atoms with Crippen LogP contribution in [0.5, 0.6) is 5.75 Å². The second kappa shape index (κ2) is 7.01. The number of hydrogen-bond donors (Lipinski definition) is 1. The van der Waals surface area contributed by atoms with E-state index < -0.39 is 0 Å². The number of nitrogens with one attached hydrogen (secondary N) is 1. The molecule has 1 saturated heterocycles. The quantitative estimate of drug-likeness (QED) is 0.929. The van der Waals surface area contributed by atoms with Gasteiger partial charge in [0.2, 0.25) is 0 Å². The SMILES string of the molecule is COc1ccc(C)cc1CCNC(=O)N1CCOC(C)(C)C1. The predicted molar refractivity (Wildman–Crippen MR) is 86.4 cm³/mol. The Kier molecular flexibility index (Phi) is 5.29. The zero-order valence-corrected chi connectivity index (χ0v) is 13.9. The van der Waals surface area contributed by atoms with E-state index in [0.717, 1.165) is 17.7 Å². The van der Waals surface area contributed by atoms with Crippen LogP contribution in [0.3, 0.4) is 0 Å². The van der Waals surface area contributed by atoms with Crippen LogP contribution in [-0.2, 0) is 11.2 Å². The zero-order chi connectivity index (χ0) is 16.2. The average Bonchev–Trinajstić information content (AvgIpc) is 2.46. The van der Waals surface area contributed by atoms with Crippen LogP contribution in [0.15, 0.2) is 18.2 Å². The lowest BCUT2D eigenvalue weighted by Gasteiger charge is -2.38. The van der Waals surface area contributed by atoms with Crippen molar-refractivity contribution in [3.8, 4) is 5.75 Å². The predicted octanol–water partition coefficient (Wildman–Crippen LogP) is 2.37. The van der Waals surface area contributed by atoms with Crippen molar-refractivity contribution < 1.29 is 14.3 Å². The molecule has 1 aliphatic heterocycles. The van der Waals surface area contributed by atoms with E-state index in [1.807, 2.05) is 30.9 Å². The summed E-state index contributed by atoms with van der Waals surface area (Å²) in [5.41, 5.74) is 2.04. The lowest BCUT2D eigenvalue weighted by atomic mass is 10.1. The molecule has 5 heteroatoms. The van der Waals surface area contributed by atoms with Crippen molar-refractivity contribution in [2.24, 2.45) is 0 Å². The fourth-order valence-electron chi connectivity index (χ4n) is 2.71. The number of morpholine rings is 1. The molecule has 1 aliphatic rings. The molecule has 0 aliphatic carbocycles. The number of nitrogens with zero attached hydrogens (tertiary/aromatic N) is 1. The highest BCUT2D eigenvalue weighted by Crippen LogP contribution is 2.20. The first-order valence-corrected chi connectivity index (χ1v) is 7.71. The van der Waals surface area contributed by atoms with Gasteiger partial charge in [0.15, 0.2) is 0 Å². The number of carbonyl (C=O) groups is 1. The molecule has 0 bridgehead atoms. The van der Waals surface area contributed by atoms with Gasteiger partial charge in [-0.1, -0.05) is 17.7 Å². The largest absolute Gasteiger partial charge is 0.496 e. The summed E-state index contributed by atoms with van der Waals surface area (Å²) in [6.45, 7) is 8.50. The Hall–Kier alpha value is -1.75. The molecule has 0 atom stereocenters. The fraction of sp³-hybridized carbons (Fsp3) is 0.588. The molecule has 1 N–H and O–H groups in total. The van der Waals surface area contributed by atoms with Crippen LogP contribution in [0.4, 0.5) is 4.79 Å². The molecular formula is C17H26N2O3. The Labute approximate surface area is 132 Å². The summed E-state index contributed by atoms with van der Waals surface area (Å²) < 4.78 is 11.0. The molecule has 22 heavy (non-hydrogen) atoms. The minimum absolute atomic E-state index is 0.0250. The molecule has 5 nitrogen and oxygen atoms in total. The third-order valence-corrected chi connectivity index (χ3v) is 3.82. The van der Waals surface area contributed by atoms with Crippen molar-refractivity contribution in [1.82, 2.24) is 10.2 Å². The Balaban J connectivity index is 1.86. The maximum Gasteiger partial charge on any atom is 0.317 e. The van der Waals surface area contributed by atoms with Gasteiger partial charge < -0.3 is 19.7 Å². The Morgan fingerprint density at radius 2 is 2.23 bits per heavy atom. The van der Waals surface area contributed by atoms with Gasteiger partial charge in [-0.3, -0.25) is 0 Å². The molecule has 1 fully saturated rings. The van der Waals surface area contributed by atoms with Crippen LogP contribution in [0, 0.1) is 6.92 Å². The zero-order valence-electron chi connectivity index (χ0n) is 13.9. The van der Waals surface area contributed by atoms with Crippen LogP contribution < -0.4 is 10.1 Å². The summed E-state index contributed by atoms with van der Waals surface area (Å²) in [5, 5.41) is 2.99. The second-order valence-electron chi connectivity index (χ2n) is 6.33. The van der Waals surface area contributed by atoms with Crippen molar-refractivity contribution in [2.75, 3.05) is 33.4 Å². The van der Waals surface area contributed by atoms with Crippen molar-refractivity contribution >= 4 is 6.03 Å². The summed E-state index contributed by atoms with van der Waals surface area (Å²) in [4.78, 5) is 14.0. The van der Waals surface area contributed by atoms with Gasteiger partial charge in [-0.05, 0) is 38.8 Å². The number of rotatable bonds is 4. The van der Waals surface area contributed by atoms with Gasteiger partial charge in [-0.25, -0.2) is 4.79 Å². The van der Waals surface area contributed by atoms with Crippen LogP contribution >= 0.6 is 0 Å². The van der Waals surface area contributed by atoms with E-state index in [-0.39, 0.29) is 11.6 Å². The van der Waals surface area contributed by atoms with Crippen LogP contribution in [0.25, 0.3) is 0 Å². The average molecular weight is 306 g/mol. The van der Waals surface area contributed by atoms with Crippen LogP contribution in [-0.4, -0.2) is 49.9 Å². The highest BCUT2D eigenvalue weighted by molar-refractivity contribution is 5.74. The maximum atomic E-state index is 12.2. The number of ether oxygens (including phenoxy) is 2. The van der Waals surface area contributed by atoms with E-state index in [1.165, 1.54) is 5.56 Å². The van der Waals surface area contributed by atoms with Crippen molar-refractivity contribution in [3.05, 3.63) is 29.3 Å². The Morgan fingerprint density at radius 3 is 2.91 bits per heavy atom. The van der Waals surface area contributed by atoms with Crippen molar-refractivity contribution in [3.63, 3.8) is 0 Å². The van der Waals surface area contributed by atoms with Gasteiger partial charge >= 0.3 is 6.03 Å².